The molecule has 1 aromatic carbocycles. The van der Waals surface area contributed by atoms with Crippen molar-refractivity contribution < 1.29 is 18.6 Å². The molecular formula is C9H8F2O2S. The van der Waals surface area contributed by atoms with E-state index in [0.29, 0.717) is 16.7 Å². The van der Waals surface area contributed by atoms with E-state index in [-0.39, 0.29) is 5.75 Å². The summed E-state index contributed by atoms with van der Waals surface area (Å²) >= 11 is 0.702. The van der Waals surface area contributed by atoms with E-state index in [1.165, 1.54) is 6.07 Å². The second-order valence-electron chi connectivity index (χ2n) is 3.15. The smallest absolute Gasteiger partial charge is 0.429 e. The van der Waals surface area contributed by atoms with Crippen LogP contribution >= 0.6 is 11.8 Å². The molecule has 1 atom stereocenters. The Morgan fingerprint density at radius 2 is 2.00 bits per heavy atom. The third-order valence-electron chi connectivity index (χ3n) is 1.94. The van der Waals surface area contributed by atoms with Gasteiger partial charge in [0.2, 0.25) is 4.93 Å². The largest absolute Gasteiger partial charge is 0.437 e. The molecule has 0 amide bonds. The molecule has 1 unspecified atom stereocenters. The van der Waals surface area contributed by atoms with E-state index < -0.39 is 11.0 Å². The number of fused-ring (bicyclic) bond motifs is 1. The van der Waals surface area contributed by atoms with Crippen LogP contribution in [0, 0.1) is 0 Å². The summed E-state index contributed by atoms with van der Waals surface area (Å²) in [5, 5.41) is 9.44. The molecule has 1 aliphatic heterocycles. The van der Waals surface area contributed by atoms with Gasteiger partial charge in [-0.2, -0.15) is 8.78 Å². The molecule has 0 fully saturated rings. The Morgan fingerprint density at radius 3 is 2.71 bits per heavy atom. The molecule has 0 bridgehead atoms. The third-order valence-corrected chi connectivity index (χ3v) is 3.13. The van der Waals surface area contributed by atoms with Crippen LogP contribution in [0.15, 0.2) is 29.2 Å². The number of hydrogen-bond donors (Lipinski definition) is 1. The lowest BCUT2D eigenvalue weighted by Crippen LogP contribution is -2.49. The Balaban J connectivity index is 2.46. The van der Waals surface area contributed by atoms with E-state index >= 15 is 0 Å². The highest BCUT2D eigenvalue weighted by molar-refractivity contribution is 8.00. The predicted octanol–water partition coefficient (Wildman–Crippen LogP) is 2.47. The molecule has 0 saturated heterocycles. The van der Waals surface area contributed by atoms with Crippen molar-refractivity contribution in [3.8, 4) is 5.75 Å². The first-order valence-electron chi connectivity index (χ1n) is 4.00. The molecule has 0 aliphatic carbocycles. The number of rotatable bonds is 0. The van der Waals surface area contributed by atoms with E-state index in [1.54, 1.807) is 18.2 Å². The molecule has 76 valence electrons. The molecule has 14 heavy (non-hydrogen) atoms. The maximum Gasteiger partial charge on any atom is 0.437 e. The van der Waals surface area contributed by atoms with Gasteiger partial charge in [0.05, 0.1) is 4.90 Å². The average Bonchev–Trinajstić information content (AvgIpc) is 2.05. The van der Waals surface area contributed by atoms with Gasteiger partial charge in [-0.05, 0) is 19.1 Å². The van der Waals surface area contributed by atoms with Gasteiger partial charge in [0, 0.05) is 0 Å². The minimum absolute atomic E-state index is 0.106. The molecular weight excluding hydrogens is 210 g/mol. The molecule has 5 heteroatoms. The Kier molecular flexibility index (Phi) is 1.97. The van der Waals surface area contributed by atoms with Crippen LogP contribution in [0.4, 0.5) is 8.78 Å². The maximum atomic E-state index is 13.2. The Hall–Kier alpha value is -0.810. The quantitative estimate of drug-likeness (QED) is 0.725. The molecule has 0 saturated carbocycles. The summed E-state index contributed by atoms with van der Waals surface area (Å²) in [6.45, 7) is 1.04. The number of thioether (sulfide) groups is 1. The van der Waals surface area contributed by atoms with Crippen molar-refractivity contribution in [3.63, 3.8) is 0 Å². The van der Waals surface area contributed by atoms with E-state index in [4.69, 9.17) is 0 Å². The number of halogens is 2. The zero-order chi connectivity index (χ0) is 10.4. The predicted molar refractivity (Wildman–Crippen MR) is 48.5 cm³/mol. The van der Waals surface area contributed by atoms with Gasteiger partial charge >= 0.3 is 6.11 Å². The van der Waals surface area contributed by atoms with Gasteiger partial charge in [-0.25, -0.2) is 0 Å². The number of alkyl halides is 2. The second-order valence-corrected chi connectivity index (χ2v) is 4.59. The van der Waals surface area contributed by atoms with Crippen molar-refractivity contribution >= 4 is 11.8 Å². The zero-order valence-corrected chi connectivity index (χ0v) is 8.15. The lowest BCUT2D eigenvalue weighted by molar-refractivity contribution is -0.252. The molecule has 0 spiro atoms. The van der Waals surface area contributed by atoms with Gasteiger partial charge < -0.3 is 9.84 Å². The number of hydrogen-bond acceptors (Lipinski definition) is 3. The number of ether oxygens (including phenoxy) is 1. The van der Waals surface area contributed by atoms with Crippen LogP contribution < -0.4 is 4.74 Å². The summed E-state index contributed by atoms with van der Waals surface area (Å²) < 4.78 is 30.8. The first-order chi connectivity index (χ1) is 6.42. The highest BCUT2D eigenvalue weighted by atomic mass is 32.2. The van der Waals surface area contributed by atoms with Crippen LogP contribution in [0.1, 0.15) is 6.92 Å². The Labute approximate surface area is 83.9 Å². The fourth-order valence-electron chi connectivity index (χ4n) is 1.13. The SMILES string of the molecule is CC1(O)Sc2ccccc2OC1(F)F. The molecule has 0 aromatic heterocycles. The topological polar surface area (TPSA) is 29.5 Å². The molecule has 1 aromatic rings. The standard InChI is InChI=1S/C9H8F2O2S/c1-8(12)9(10,11)13-6-4-2-3-5-7(6)14-8/h2-5,12H,1H3. The summed E-state index contributed by atoms with van der Waals surface area (Å²) in [5.74, 6) is 0.106. The van der Waals surface area contributed by atoms with E-state index in [9.17, 15) is 13.9 Å². The fourth-order valence-corrected chi connectivity index (χ4v) is 2.07. The minimum Gasteiger partial charge on any atom is -0.429 e. The molecule has 0 radical (unpaired) electrons. The van der Waals surface area contributed by atoms with Gasteiger partial charge in [-0.15, -0.1) is 0 Å². The highest BCUT2D eigenvalue weighted by Gasteiger charge is 2.56. The van der Waals surface area contributed by atoms with Crippen LogP contribution in [0.5, 0.6) is 5.75 Å². The number of para-hydroxylation sites is 1. The molecule has 1 N–H and O–H groups in total. The molecule has 1 aliphatic rings. The van der Waals surface area contributed by atoms with Crippen molar-refractivity contribution in [3.05, 3.63) is 24.3 Å². The van der Waals surface area contributed by atoms with E-state index in [1.807, 2.05) is 0 Å². The van der Waals surface area contributed by atoms with Crippen molar-refractivity contribution in [1.29, 1.82) is 0 Å². The number of aliphatic hydroxyl groups is 1. The molecule has 1 heterocycles. The average molecular weight is 218 g/mol. The van der Waals surface area contributed by atoms with Crippen molar-refractivity contribution in [2.24, 2.45) is 0 Å². The zero-order valence-electron chi connectivity index (χ0n) is 7.33. The second kappa shape index (κ2) is 2.84. The van der Waals surface area contributed by atoms with Gasteiger partial charge in [0.15, 0.2) is 0 Å². The first kappa shape index (κ1) is 9.73. The van der Waals surface area contributed by atoms with Crippen LogP contribution in [0.3, 0.4) is 0 Å². The van der Waals surface area contributed by atoms with Crippen LogP contribution in [-0.2, 0) is 0 Å². The van der Waals surface area contributed by atoms with Crippen molar-refractivity contribution in [2.45, 2.75) is 22.9 Å². The summed E-state index contributed by atoms with van der Waals surface area (Å²) in [6, 6.07) is 6.39. The van der Waals surface area contributed by atoms with Gasteiger partial charge in [-0.3, -0.25) is 0 Å². The minimum atomic E-state index is -3.56. The monoisotopic (exact) mass is 218 g/mol. The fraction of sp³-hybridized carbons (Fsp3) is 0.333. The Bertz CT molecular complexity index is 331. The molecule has 2 rings (SSSR count). The maximum absolute atomic E-state index is 13.2. The third kappa shape index (κ3) is 1.36. The van der Waals surface area contributed by atoms with Gasteiger partial charge in [-0.1, -0.05) is 23.9 Å². The van der Waals surface area contributed by atoms with Crippen LogP contribution in [0.2, 0.25) is 0 Å². The summed E-state index contributed by atoms with van der Waals surface area (Å²) in [4.78, 5) is -1.70. The lowest BCUT2D eigenvalue weighted by atomic mass is 10.3. The summed E-state index contributed by atoms with van der Waals surface area (Å²) in [5.41, 5.74) is 0. The van der Waals surface area contributed by atoms with Crippen molar-refractivity contribution in [2.75, 3.05) is 0 Å². The van der Waals surface area contributed by atoms with Crippen LogP contribution in [-0.4, -0.2) is 16.1 Å². The molecule has 2 nitrogen and oxygen atoms in total. The van der Waals surface area contributed by atoms with Crippen LogP contribution in [0.25, 0.3) is 0 Å². The lowest BCUT2D eigenvalue weighted by Gasteiger charge is -2.36. The summed E-state index contributed by atoms with van der Waals surface area (Å²) in [6.07, 6.45) is -3.56. The normalized spacial score (nSPS) is 29.1. The van der Waals surface area contributed by atoms with E-state index in [2.05, 4.69) is 4.74 Å². The highest BCUT2D eigenvalue weighted by Crippen LogP contribution is 2.50. The van der Waals surface area contributed by atoms with Crippen molar-refractivity contribution in [1.82, 2.24) is 0 Å². The van der Waals surface area contributed by atoms with Gasteiger partial charge in [0.25, 0.3) is 0 Å². The van der Waals surface area contributed by atoms with E-state index in [0.717, 1.165) is 6.92 Å². The Morgan fingerprint density at radius 1 is 1.36 bits per heavy atom. The van der Waals surface area contributed by atoms with Gasteiger partial charge in [0.1, 0.15) is 5.75 Å². The summed E-state index contributed by atoms with van der Waals surface area (Å²) in [7, 11) is 0. The first-order valence-corrected chi connectivity index (χ1v) is 4.81. The number of benzene rings is 1.